The number of fused-ring (bicyclic) bond motifs is 1. The van der Waals surface area contributed by atoms with Crippen molar-refractivity contribution in [2.75, 3.05) is 11.1 Å². The highest BCUT2D eigenvalue weighted by atomic mass is 32.2. The summed E-state index contributed by atoms with van der Waals surface area (Å²) in [7, 11) is 1.80. The van der Waals surface area contributed by atoms with E-state index < -0.39 is 5.92 Å². The molecule has 1 aliphatic rings. The van der Waals surface area contributed by atoms with E-state index in [1.807, 2.05) is 6.07 Å². The molecule has 0 saturated carbocycles. The van der Waals surface area contributed by atoms with Gasteiger partial charge in [0.25, 0.3) is 5.56 Å². The molecule has 0 bridgehead atoms. The second-order valence-electron chi connectivity index (χ2n) is 5.77. The second-order valence-corrected chi connectivity index (χ2v) is 6.83. The van der Waals surface area contributed by atoms with Crippen LogP contribution in [0.4, 0.5) is 5.82 Å². The normalized spacial score (nSPS) is 16.6. The molecule has 0 aliphatic carbocycles. The number of aromatic nitrogens is 2. The summed E-state index contributed by atoms with van der Waals surface area (Å²) in [5.41, 5.74) is 0.887. The minimum absolute atomic E-state index is 0.111. The van der Waals surface area contributed by atoms with Crippen molar-refractivity contribution in [3.63, 3.8) is 0 Å². The quantitative estimate of drug-likeness (QED) is 0.657. The Morgan fingerprint density at radius 2 is 2.21 bits per heavy atom. The van der Waals surface area contributed by atoms with Crippen molar-refractivity contribution in [1.82, 2.24) is 9.55 Å². The molecule has 0 spiro atoms. The third-order valence-corrected chi connectivity index (χ3v) is 5.24. The number of hydrogen-bond acceptors (Lipinski definition) is 5. The van der Waals surface area contributed by atoms with Crippen molar-refractivity contribution >= 4 is 23.5 Å². The van der Waals surface area contributed by atoms with E-state index in [1.165, 1.54) is 11.8 Å². The molecule has 3 rings (SSSR count). The molecule has 2 N–H and O–H groups in total. The van der Waals surface area contributed by atoms with E-state index in [1.54, 1.807) is 29.8 Å². The summed E-state index contributed by atoms with van der Waals surface area (Å²) < 4.78 is 1.77. The van der Waals surface area contributed by atoms with Crippen molar-refractivity contribution in [3.05, 3.63) is 45.7 Å². The summed E-state index contributed by atoms with van der Waals surface area (Å²) in [5.74, 6) is 0.905. The van der Waals surface area contributed by atoms with Gasteiger partial charge in [-0.2, -0.15) is 4.98 Å². The number of thioether (sulfide) groups is 1. The molecule has 24 heavy (non-hydrogen) atoms. The smallest absolute Gasteiger partial charge is 0.279 e. The van der Waals surface area contributed by atoms with Crippen LogP contribution in [0.2, 0.25) is 0 Å². The molecule has 7 heteroatoms. The number of hydrogen-bond donors (Lipinski definition) is 2. The number of carbonyl (C=O) groups excluding carboxylic acids is 1. The Morgan fingerprint density at radius 1 is 1.42 bits per heavy atom. The summed E-state index contributed by atoms with van der Waals surface area (Å²) in [6.07, 6.45) is 1.13. The van der Waals surface area contributed by atoms with E-state index in [4.69, 9.17) is 0 Å². The lowest BCUT2D eigenvalue weighted by Gasteiger charge is -2.27. The van der Waals surface area contributed by atoms with Gasteiger partial charge in [-0.05, 0) is 24.1 Å². The summed E-state index contributed by atoms with van der Waals surface area (Å²) in [5, 5.41) is 13.1. The predicted molar refractivity (Wildman–Crippen MR) is 93.7 cm³/mol. The lowest BCUT2D eigenvalue weighted by Crippen LogP contribution is -2.33. The number of benzene rings is 1. The zero-order valence-electron chi connectivity index (χ0n) is 13.6. The number of aromatic hydroxyl groups is 1. The molecular formula is C17H19N3O3S. The minimum atomic E-state index is -0.405. The number of amides is 1. The standard InChI is InChI=1S/C17H19N3O3S/c1-3-7-24-17-19-16(23)14-12(10-5-4-6-11(21)8-10)9-13(22)18-15(14)20(17)2/h4-6,8,12,21H,3,7,9H2,1-2H3,(H,18,22). The SMILES string of the molecule is CCCSc1nc(=O)c2c(n1C)NC(=O)CC2c1cccc(O)c1. The Balaban J connectivity index is 2.14. The van der Waals surface area contributed by atoms with Crippen LogP contribution in [-0.2, 0) is 11.8 Å². The zero-order chi connectivity index (χ0) is 17.3. The van der Waals surface area contributed by atoms with Gasteiger partial charge in [0, 0.05) is 25.1 Å². The fourth-order valence-electron chi connectivity index (χ4n) is 2.88. The van der Waals surface area contributed by atoms with Gasteiger partial charge in [0.05, 0.1) is 5.56 Å². The average Bonchev–Trinajstić information content (AvgIpc) is 2.56. The van der Waals surface area contributed by atoms with E-state index in [2.05, 4.69) is 17.2 Å². The first kappa shape index (κ1) is 16.6. The van der Waals surface area contributed by atoms with Crippen LogP contribution in [0.15, 0.2) is 34.2 Å². The Morgan fingerprint density at radius 3 is 2.92 bits per heavy atom. The molecule has 0 saturated heterocycles. The van der Waals surface area contributed by atoms with E-state index in [0.717, 1.165) is 17.7 Å². The molecule has 126 valence electrons. The predicted octanol–water partition coefficient (Wildman–Crippen LogP) is 2.46. The fourth-order valence-corrected chi connectivity index (χ4v) is 3.70. The molecule has 1 amide bonds. The molecule has 1 aromatic carbocycles. The minimum Gasteiger partial charge on any atom is -0.508 e. The molecule has 1 aromatic heterocycles. The Hall–Kier alpha value is -2.28. The van der Waals surface area contributed by atoms with Crippen LogP contribution >= 0.6 is 11.8 Å². The Labute approximate surface area is 143 Å². The van der Waals surface area contributed by atoms with Crippen LogP contribution in [0.5, 0.6) is 5.75 Å². The number of anilines is 1. The van der Waals surface area contributed by atoms with Crippen molar-refractivity contribution in [2.24, 2.45) is 7.05 Å². The number of nitrogens with zero attached hydrogens (tertiary/aromatic N) is 2. The Bertz CT molecular complexity index is 847. The summed E-state index contributed by atoms with van der Waals surface area (Å²) in [4.78, 5) is 29.0. The first-order valence-electron chi connectivity index (χ1n) is 7.83. The van der Waals surface area contributed by atoms with Gasteiger partial charge in [-0.25, -0.2) is 0 Å². The second kappa shape index (κ2) is 6.68. The van der Waals surface area contributed by atoms with Gasteiger partial charge in [0.15, 0.2) is 5.16 Å². The largest absolute Gasteiger partial charge is 0.508 e. The lowest BCUT2D eigenvalue weighted by molar-refractivity contribution is -0.116. The summed E-state index contributed by atoms with van der Waals surface area (Å²) >= 11 is 1.50. The van der Waals surface area contributed by atoms with E-state index in [0.29, 0.717) is 16.5 Å². The van der Waals surface area contributed by atoms with Gasteiger partial charge < -0.3 is 15.0 Å². The maximum Gasteiger partial charge on any atom is 0.279 e. The third kappa shape index (κ3) is 3.03. The van der Waals surface area contributed by atoms with Crippen molar-refractivity contribution in [3.8, 4) is 5.75 Å². The van der Waals surface area contributed by atoms with Crippen molar-refractivity contribution in [2.45, 2.75) is 30.8 Å². The number of nitrogens with one attached hydrogen (secondary N) is 1. The molecule has 0 fully saturated rings. The molecular weight excluding hydrogens is 326 g/mol. The highest BCUT2D eigenvalue weighted by Gasteiger charge is 2.32. The van der Waals surface area contributed by atoms with Gasteiger partial charge in [-0.1, -0.05) is 30.8 Å². The Kier molecular flexibility index (Phi) is 4.62. The van der Waals surface area contributed by atoms with Crippen LogP contribution < -0.4 is 10.9 Å². The van der Waals surface area contributed by atoms with Crippen molar-refractivity contribution in [1.29, 1.82) is 0 Å². The number of phenols is 1. The molecule has 0 radical (unpaired) electrons. The zero-order valence-corrected chi connectivity index (χ0v) is 14.4. The maximum atomic E-state index is 12.6. The highest BCUT2D eigenvalue weighted by Crippen LogP contribution is 2.36. The molecule has 2 aromatic rings. The monoisotopic (exact) mass is 345 g/mol. The molecule has 1 unspecified atom stereocenters. The maximum absolute atomic E-state index is 12.6. The van der Waals surface area contributed by atoms with Gasteiger partial charge in [-0.15, -0.1) is 0 Å². The summed E-state index contributed by atoms with van der Waals surface area (Å²) in [6, 6.07) is 6.67. The molecule has 6 nitrogen and oxygen atoms in total. The van der Waals surface area contributed by atoms with Crippen molar-refractivity contribution < 1.29 is 9.90 Å². The van der Waals surface area contributed by atoms with E-state index in [9.17, 15) is 14.7 Å². The fraction of sp³-hybridized carbons (Fsp3) is 0.353. The molecule has 1 aliphatic heterocycles. The number of carbonyl (C=O) groups is 1. The molecule has 1 atom stereocenters. The molecule has 2 heterocycles. The highest BCUT2D eigenvalue weighted by molar-refractivity contribution is 7.99. The summed E-state index contributed by atoms with van der Waals surface area (Å²) in [6.45, 7) is 2.06. The van der Waals surface area contributed by atoms with Crippen LogP contribution in [0.3, 0.4) is 0 Å². The lowest BCUT2D eigenvalue weighted by atomic mass is 9.86. The van der Waals surface area contributed by atoms with Gasteiger partial charge in [0.1, 0.15) is 11.6 Å². The number of phenolic OH excluding ortho intramolecular Hbond substituents is 1. The van der Waals surface area contributed by atoms with Gasteiger partial charge in [0.2, 0.25) is 5.91 Å². The van der Waals surface area contributed by atoms with Crippen LogP contribution in [-0.4, -0.2) is 26.3 Å². The van der Waals surface area contributed by atoms with Crippen LogP contribution in [0.25, 0.3) is 0 Å². The van der Waals surface area contributed by atoms with E-state index in [-0.39, 0.29) is 23.6 Å². The van der Waals surface area contributed by atoms with Gasteiger partial charge in [-0.3, -0.25) is 9.59 Å². The topological polar surface area (TPSA) is 84.2 Å². The van der Waals surface area contributed by atoms with Crippen LogP contribution in [0, 0.1) is 0 Å². The van der Waals surface area contributed by atoms with Crippen LogP contribution in [0.1, 0.15) is 36.8 Å². The van der Waals surface area contributed by atoms with Gasteiger partial charge >= 0.3 is 0 Å². The first-order chi connectivity index (χ1) is 11.5. The first-order valence-corrected chi connectivity index (χ1v) is 8.82. The average molecular weight is 345 g/mol. The number of rotatable bonds is 4. The third-order valence-electron chi connectivity index (χ3n) is 4.01. The van der Waals surface area contributed by atoms with E-state index >= 15 is 0 Å².